The van der Waals surface area contributed by atoms with Crippen LogP contribution in [0.5, 0.6) is 0 Å². The van der Waals surface area contributed by atoms with Gasteiger partial charge in [0.2, 0.25) is 0 Å². The summed E-state index contributed by atoms with van der Waals surface area (Å²) >= 11 is 0. The highest BCUT2D eigenvalue weighted by Crippen LogP contribution is 2.19. The van der Waals surface area contributed by atoms with Crippen molar-refractivity contribution in [1.29, 1.82) is 0 Å². The molecule has 1 aliphatic rings. The zero-order chi connectivity index (χ0) is 8.81. The maximum Gasteiger partial charge on any atom is 0.00922 e. The molecule has 0 aliphatic carbocycles. The average Bonchev–Trinajstić information content (AvgIpc) is 2.09. The maximum atomic E-state index is 2.55. The number of nitrogens with zero attached hydrogens (tertiary/aromatic N) is 1. The molecule has 12 heavy (non-hydrogen) atoms. The van der Waals surface area contributed by atoms with E-state index in [0.29, 0.717) is 0 Å². The quantitative estimate of drug-likeness (QED) is 0.585. The Labute approximate surface area is 77.1 Å². The van der Waals surface area contributed by atoms with Crippen molar-refractivity contribution >= 4 is 0 Å². The SMILES string of the molecule is CCCCCC1CCCCN1C. The van der Waals surface area contributed by atoms with E-state index in [-0.39, 0.29) is 0 Å². The van der Waals surface area contributed by atoms with Crippen LogP contribution in [0.15, 0.2) is 0 Å². The van der Waals surface area contributed by atoms with Crippen LogP contribution in [0, 0.1) is 0 Å². The molecule has 0 spiro atoms. The maximum absolute atomic E-state index is 2.55. The lowest BCUT2D eigenvalue weighted by molar-refractivity contribution is 0.173. The largest absolute Gasteiger partial charge is 0.303 e. The van der Waals surface area contributed by atoms with Gasteiger partial charge in [0.1, 0.15) is 0 Å². The number of unbranched alkanes of at least 4 members (excludes halogenated alkanes) is 2. The number of rotatable bonds is 4. The van der Waals surface area contributed by atoms with Crippen LogP contribution in [-0.4, -0.2) is 24.5 Å². The van der Waals surface area contributed by atoms with E-state index in [1.807, 2.05) is 0 Å². The zero-order valence-corrected chi connectivity index (χ0v) is 8.68. The summed E-state index contributed by atoms with van der Waals surface area (Å²) < 4.78 is 0. The van der Waals surface area contributed by atoms with Crippen LogP contribution < -0.4 is 0 Å². The molecule has 0 bridgehead atoms. The molecule has 1 heterocycles. The van der Waals surface area contributed by atoms with E-state index in [1.165, 1.54) is 51.5 Å². The Bertz CT molecular complexity index is 112. The number of likely N-dealkylation sites (tertiary alicyclic amines) is 1. The normalized spacial score (nSPS) is 26.0. The van der Waals surface area contributed by atoms with Gasteiger partial charge in [-0.2, -0.15) is 0 Å². The van der Waals surface area contributed by atoms with Crippen molar-refractivity contribution in [3.8, 4) is 0 Å². The van der Waals surface area contributed by atoms with Crippen molar-refractivity contribution in [2.24, 2.45) is 0 Å². The van der Waals surface area contributed by atoms with Crippen LogP contribution in [0.2, 0.25) is 0 Å². The monoisotopic (exact) mass is 169 g/mol. The summed E-state index contributed by atoms with van der Waals surface area (Å²) in [4.78, 5) is 2.55. The summed E-state index contributed by atoms with van der Waals surface area (Å²) in [6, 6.07) is 0.908. The fourth-order valence-electron chi connectivity index (χ4n) is 2.14. The van der Waals surface area contributed by atoms with E-state index in [9.17, 15) is 0 Å². The van der Waals surface area contributed by atoms with E-state index in [1.54, 1.807) is 0 Å². The standard InChI is InChI=1S/C11H23N/c1-3-4-5-8-11-9-6-7-10-12(11)2/h11H,3-10H2,1-2H3. The molecule has 1 rings (SSSR count). The van der Waals surface area contributed by atoms with E-state index >= 15 is 0 Å². The lowest BCUT2D eigenvalue weighted by Gasteiger charge is -2.32. The molecule has 0 saturated carbocycles. The third-order valence-corrected chi connectivity index (χ3v) is 3.06. The molecule has 0 amide bonds. The summed E-state index contributed by atoms with van der Waals surface area (Å²) in [5, 5.41) is 0. The smallest absolute Gasteiger partial charge is 0.00922 e. The molecule has 72 valence electrons. The van der Waals surface area contributed by atoms with Gasteiger partial charge < -0.3 is 4.90 Å². The second kappa shape index (κ2) is 5.58. The third kappa shape index (κ3) is 3.14. The summed E-state index contributed by atoms with van der Waals surface area (Å²) in [5.41, 5.74) is 0. The third-order valence-electron chi connectivity index (χ3n) is 3.06. The number of piperidine rings is 1. The second-order valence-electron chi connectivity index (χ2n) is 4.13. The van der Waals surface area contributed by atoms with Gasteiger partial charge in [0.05, 0.1) is 0 Å². The summed E-state index contributed by atoms with van der Waals surface area (Å²) in [6.07, 6.45) is 9.97. The van der Waals surface area contributed by atoms with E-state index in [4.69, 9.17) is 0 Å². The van der Waals surface area contributed by atoms with Crippen molar-refractivity contribution in [2.75, 3.05) is 13.6 Å². The van der Waals surface area contributed by atoms with Crippen molar-refractivity contribution in [2.45, 2.75) is 57.9 Å². The Hall–Kier alpha value is -0.0400. The van der Waals surface area contributed by atoms with Gasteiger partial charge >= 0.3 is 0 Å². The van der Waals surface area contributed by atoms with E-state index in [2.05, 4.69) is 18.9 Å². The molecule has 0 radical (unpaired) electrons. The fraction of sp³-hybridized carbons (Fsp3) is 1.00. The average molecular weight is 169 g/mol. The van der Waals surface area contributed by atoms with Crippen LogP contribution in [0.4, 0.5) is 0 Å². The van der Waals surface area contributed by atoms with Crippen molar-refractivity contribution in [1.82, 2.24) is 4.90 Å². The Balaban J connectivity index is 2.11. The Morgan fingerprint density at radius 1 is 1.25 bits per heavy atom. The van der Waals surface area contributed by atoms with E-state index < -0.39 is 0 Å². The number of hydrogen-bond donors (Lipinski definition) is 0. The van der Waals surface area contributed by atoms with Gasteiger partial charge in [-0.05, 0) is 32.9 Å². The number of hydrogen-bond acceptors (Lipinski definition) is 1. The highest BCUT2D eigenvalue weighted by Gasteiger charge is 2.17. The predicted octanol–water partition coefficient (Wildman–Crippen LogP) is 3.05. The molecule has 1 nitrogen and oxygen atoms in total. The van der Waals surface area contributed by atoms with Gasteiger partial charge in [-0.3, -0.25) is 0 Å². The predicted molar refractivity (Wildman–Crippen MR) is 54.4 cm³/mol. The highest BCUT2D eigenvalue weighted by atomic mass is 15.1. The fourth-order valence-corrected chi connectivity index (χ4v) is 2.14. The lowest BCUT2D eigenvalue weighted by atomic mass is 9.98. The van der Waals surface area contributed by atoms with Gasteiger partial charge in [-0.25, -0.2) is 0 Å². The molecule has 1 aliphatic heterocycles. The first kappa shape index (κ1) is 10.0. The van der Waals surface area contributed by atoms with Gasteiger partial charge in [0.25, 0.3) is 0 Å². The molecule has 0 aromatic carbocycles. The summed E-state index contributed by atoms with van der Waals surface area (Å²) in [7, 11) is 2.29. The van der Waals surface area contributed by atoms with E-state index in [0.717, 1.165) is 6.04 Å². The summed E-state index contributed by atoms with van der Waals surface area (Å²) in [6.45, 7) is 3.61. The van der Waals surface area contributed by atoms with Crippen molar-refractivity contribution < 1.29 is 0 Å². The van der Waals surface area contributed by atoms with Gasteiger partial charge in [-0.15, -0.1) is 0 Å². The molecule has 1 saturated heterocycles. The molecular formula is C11H23N. The molecular weight excluding hydrogens is 146 g/mol. The van der Waals surface area contributed by atoms with Crippen LogP contribution in [0.3, 0.4) is 0 Å². The lowest BCUT2D eigenvalue weighted by Crippen LogP contribution is -2.35. The molecule has 0 aromatic heterocycles. The first-order valence-corrected chi connectivity index (χ1v) is 5.55. The topological polar surface area (TPSA) is 3.24 Å². The van der Waals surface area contributed by atoms with Crippen LogP contribution in [0.1, 0.15) is 51.9 Å². The first-order chi connectivity index (χ1) is 5.84. The molecule has 1 atom stereocenters. The van der Waals surface area contributed by atoms with Crippen LogP contribution >= 0.6 is 0 Å². The van der Waals surface area contributed by atoms with Gasteiger partial charge in [-0.1, -0.05) is 32.6 Å². The Morgan fingerprint density at radius 3 is 2.75 bits per heavy atom. The minimum atomic E-state index is 0.908. The minimum Gasteiger partial charge on any atom is -0.303 e. The molecule has 1 heteroatoms. The zero-order valence-electron chi connectivity index (χ0n) is 8.68. The molecule has 0 aromatic rings. The van der Waals surface area contributed by atoms with Crippen molar-refractivity contribution in [3.05, 3.63) is 0 Å². The van der Waals surface area contributed by atoms with Gasteiger partial charge in [0.15, 0.2) is 0 Å². The Morgan fingerprint density at radius 2 is 2.08 bits per heavy atom. The van der Waals surface area contributed by atoms with Crippen molar-refractivity contribution in [3.63, 3.8) is 0 Å². The van der Waals surface area contributed by atoms with Crippen LogP contribution in [-0.2, 0) is 0 Å². The second-order valence-corrected chi connectivity index (χ2v) is 4.13. The Kier molecular flexibility index (Phi) is 4.67. The molecule has 1 unspecified atom stereocenters. The first-order valence-electron chi connectivity index (χ1n) is 5.55. The van der Waals surface area contributed by atoms with Crippen LogP contribution in [0.25, 0.3) is 0 Å². The molecule has 1 fully saturated rings. The molecule has 0 N–H and O–H groups in total. The summed E-state index contributed by atoms with van der Waals surface area (Å²) in [5.74, 6) is 0. The highest BCUT2D eigenvalue weighted by molar-refractivity contribution is 4.73. The minimum absolute atomic E-state index is 0.908. The van der Waals surface area contributed by atoms with Gasteiger partial charge in [0, 0.05) is 6.04 Å².